The molecule has 0 saturated heterocycles. The number of nitrogens with one attached hydrogen (secondary N) is 2. The van der Waals surface area contributed by atoms with Gasteiger partial charge >= 0.3 is 0 Å². The first-order valence-electron chi connectivity index (χ1n) is 6.93. The molecular weight excluding hydrogens is 304 g/mol. The Kier molecular flexibility index (Phi) is 4.01. The molecule has 1 saturated carbocycles. The van der Waals surface area contributed by atoms with Gasteiger partial charge in [0.15, 0.2) is 0 Å². The van der Waals surface area contributed by atoms with Crippen LogP contribution in [0, 0.1) is 6.92 Å². The number of anilines is 1. The molecule has 1 aliphatic carbocycles. The fourth-order valence-corrected chi connectivity index (χ4v) is 4.25. The van der Waals surface area contributed by atoms with E-state index in [1.54, 1.807) is 23.6 Å². The molecule has 1 heterocycles. The minimum Gasteiger partial charge on any atom is -0.309 e. The Morgan fingerprint density at radius 1 is 1.24 bits per heavy atom. The van der Waals surface area contributed by atoms with Crippen LogP contribution in [0.5, 0.6) is 0 Å². The average molecular weight is 322 g/mol. The molecule has 0 atom stereocenters. The average Bonchev–Trinajstić information content (AvgIpc) is 3.15. The van der Waals surface area contributed by atoms with Gasteiger partial charge in [-0.2, -0.15) is 0 Å². The Labute approximate surface area is 129 Å². The van der Waals surface area contributed by atoms with Crippen LogP contribution in [0.15, 0.2) is 40.6 Å². The molecule has 1 aliphatic rings. The Hall–Kier alpha value is -1.37. The van der Waals surface area contributed by atoms with E-state index in [9.17, 15) is 8.42 Å². The van der Waals surface area contributed by atoms with E-state index in [0.29, 0.717) is 16.6 Å². The molecule has 0 unspecified atom stereocenters. The van der Waals surface area contributed by atoms with E-state index in [1.165, 1.54) is 24.2 Å². The van der Waals surface area contributed by atoms with Gasteiger partial charge in [0.25, 0.3) is 10.0 Å². The lowest BCUT2D eigenvalue weighted by atomic mass is 10.2. The van der Waals surface area contributed by atoms with E-state index in [2.05, 4.69) is 10.0 Å². The molecule has 2 N–H and O–H groups in total. The van der Waals surface area contributed by atoms with E-state index in [0.717, 1.165) is 17.0 Å². The maximum Gasteiger partial charge on any atom is 0.262 e. The van der Waals surface area contributed by atoms with Crippen molar-refractivity contribution in [2.45, 2.75) is 37.2 Å². The molecule has 4 nitrogen and oxygen atoms in total. The van der Waals surface area contributed by atoms with Crippen LogP contribution in [0.1, 0.15) is 23.3 Å². The van der Waals surface area contributed by atoms with E-state index >= 15 is 0 Å². The predicted octanol–water partition coefficient (Wildman–Crippen LogP) is 3.11. The summed E-state index contributed by atoms with van der Waals surface area (Å²) in [6, 6.07) is 9.69. The Balaban J connectivity index is 1.69. The third-order valence-electron chi connectivity index (χ3n) is 3.39. The van der Waals surface area contributed by atoms with Crippen LogP contribution in [0.4, 0.5) is 5.69 Å². The number of benzene rings is 1. The molecule has 0 amide bonds. The predicted molar refractivity (Wildman–Crippen MR) is 86.2 cm³/mol. The molecule has 21 heavy (non-hydrogen) atoms. The first-order chi connectivity index (χ1) is 10.0. The molecule has 2 aromatic rings. The van der Waals surface area contributed by atoms with Crippen molar-refractivity contribution in [3.63, 3.8) is 0 Å². The van der Waals surface area contributed by atoms with Crippen molar-refractivity contribution in [1.29, 1.82) is 0 Å². The summed E-state index contributed by atoms with van der Waals surface area (Å²) in [5.41, 5.74) is 1.69. The molecular formula is C15H18N2O2S2. The summed E-state index contributed by atoms with van der Waals surface area (Å²) >= 11 is 1.48. The van der Waals surface area contributed by atoms with Crippen LogP contribution in [0.25, 0.3) is 0 Å². The lowest BCUT2D eigenvalue weighted by Gasteiger charge is -2.06. The second-order valence-electron chi connectivity index (χ2n) is 5.38. The van der Waals surface area contributed by atoms with Crippen LogP contribution in [0.3, 0.4) is 0 Å². The lowest BCUT2D eigenvalue weighted by Crippen LogP contribution is -2.14. The second-order valence-corrected chi connectivity index (χ2v) is 8.05. The molecule has 0 aliphatic heterocycles. The largest absolute Gasteiger partial charge is 0.309 e. The standard InChI is InChI=1S/C15H18N2O2S2/c1-11-2-4-13(5-3-11)17-21(18,19)15-8-14(20-10-15)9-16-12-6-7-12/h2-5,8,10,12,16-17H,6-7,9H2,1H3. The first-order valence-corrected chi connectivity index (χ1v) is 9.29. The zero-order valence-electron chi connectivity index (χ0n) is 11.8. The first kappa shape index (κ1) is 14.6. The molecule has 0 bridgehead atoms. The molecule has 1 fully saturated rings. The minimum absolute atomic E-state index is 0.334. The van der Waals surface area contributed by atoms with Crippen molar-refractivity contribution in [3.05, 3.63) is 46.2 Å². The van der Waals surface area contributed by atoms with Crippen LogP contribution < -0.4 is 10.0 Å². The van der Waals surface area contributed by atoms with Crippen molar-refractivity contribution in [3.8, 4) is 0 Å². The summed E-state index contributed by atoms with van der Waals surface area (Å²) in [7, 11) is -3.50. The van der Waals surface area contributed by atoms with Gasteiger partial charge in [0.2, 0.25) is 0 Å². The molecule has 1 aromatic heterocycles. The van der Waals surface area contributed by atoms with Crippen molar-refractivity contribution in [1.82, 2.24) is 5.32 Å². The maximum absolute atomic E-state index is 12.3. The topological polar surface area (TPSA) is 58.2 Å². The highest BCUT2D eigenvalue weighted by Gasteiger charge is 2.21. The molecule has 6 heteroatoms. The van der Waals surface area contributed by atoms with Gasteiger partial charge in [-0.3, -0.25) is 4.72 Å². The van der Waals surface area contributed by atoms with Gasteiger partial charge in [-0.1, -0.05) is 17.7 Å². The highest BCUT2D eigenvalue weighted by molar-refractivity contribution is 7.92. The van der Waals surface area contributed by atoms with E-state index < -0.39 is 10.0 Å². The lowest BCUT2D eigenvalue weighted by molar-refractivity contribution is 0.601. The Morgan fingerprint density at radius 3 is 2.62 bits per heavy atom. The number of hydrogen-bond acceptors (Lipinski definition) is 4. The molecule has 112 valence electrons. The van der Waals surface area contributed by atoms with E-state index in [1.807, 2.05) is 19.1 Å². The number of rotatable bonds is 6. The molecule has 1 aromatic carbocycles. The van der Waals surface area contributed by atoms with Crippen LogP contribution in [-0.2, 0) is 16.6 Å². The molecule has 3 rings (SSSR count). The number of aryl methyl sites for hydroxylation is 1. The number of thiophene rings is 1. The van der Waals surface area contributed by atoms with Crippen molar-refractivity contribution in [2.24, 2.45) is 0 Å². The molecule has 0 radical (unpaired) electrons. The SMILES string of the molecule is Cc1ccc(NS(=O)(=O)c2csc(CNC3CC3)c2)cc1. The van der Waals surface area contributed by atoms with Gasteiger partial charge in [-0.05, 0) is 38.0 Å². The highest BCUT2D eigenvalue weighted by Crippen LogP contribution is 2.24. The number of sulfonamides is 1. The van der Waals surface area contributed by atoms with Gasteiger partial charge in [0.1, 0.15) is 0 Å². The van der Waals surface area contributed by atoms with Gasteiger partial charge < -0.3 is 5.32 Å². The van der Waals surface area contributed by atoms with Crippen molar-refractivity contribution < 1.29 is 8.42 Å². The van der Waals surface area contributed by atoms with Gasteiger partial charge in [0.05, 0.1) is 4.90 Å². The minimum atomic E-state index is -3.50. The third-order valence-corrected chi connectivity index (χ3v) is 5.83. The fourth-order valence-electron chi connectivity index (χ4n) is 1.96. The smallest absolute Gasteiger partial charge is 0.262 e. The van der Waals surface area contributed by atoms with Crippen LogP contribution in [-0.4, -0.2) is 14.5 Å². The van der Waals surface area contributed by atoms with Gasteiger partial charge in [0, 0.05) is 28.5 Å². The van der Waals surface area contributed by atoms with E-state index in [4.69, 9.17) is 0 Å². The van der Waals surface area contributed by atoms with E-state index in [-0.39, 0.29) is 0 Å². The normalized spacial score (nSPS) is 15.1. The van der Waals surface area contributed by atoms with Crippen LogP contribution in [0.2, 0.25) is 0 Å². The van der Waals surface area contributed by atoms with Gasteiger partial charge in [-0.25, -0.2) is 8.42 Å². The summed E-state index contributed by atoms with van der Waals surface area (Å²) < 4.78 is 27.3. The zero-order chi connectivity index (χ0) is 14.9. The maximum atomic E-state index is 12.3. The Morgan fingerprint density at radius 2 is 1.95 bits per heavy atom. The monoisotopic (exact) mass is 322 g/mol. The summed E-state index contributed by atoms with van der Waals surface area (Å²) in [6.07, 6.45) is 2.46. The van der Waals surface area contributed by atoms with Crippen molar-refractivity contribution >= 4 is 27.0 Å². The number of hydrogen-bond donors (Lipinski definition) is 2. The summed E-state index contributed by atoms with van der Waals surface area (Å²) in [4.78, 5) is 1.38. The second kappa shape index (κ2) is 5.79. The third kappa shape index (κ3) is 3.84. The summed E-state index contributed by atoms with van der Waals surface area (Å²) in [6.45, 7) is 2.71. The highest BCUT2D eigenvalue weighted by atomic mass is 32.2. The Bertz CT molecular complexity index is 716. The van der Waals surface area contributed by atoms with Gasteiger partial charge in [-0.15, -0.1) is 11.3 Å². The summed E-state index contributed by atoms with van der Waals surface area (Å²) in [5, 5.41) is 5.08. The quantitative estimate of drug-likeness (QED) is 0.859. The zero-order valence-corrected chi connectivity index (χ0v) is 13.4. The van der Waals surface area contributed by atoms with Crippen LogP contribution >= 0.6 is 11.3 Å². The molecule has 0 spiro atoms. The summed E-state index contributed by atoms with van der Waals surface area (Å²) in [5.74, 6) is 0. The van der Waals surface area contributed by atoms with Crippen molar-refractivity contribution in [2.75, 3.05) is 4.72 Å². The fraction of sp³-hybridized carbons (Fsp3) is 0.333.